The van der Waals surface area contributed by atoms with Gasteiger partial charge in [-0.2, -0.15) is 0 Å². The predicted octanol–water partition coefficient (Wildman–Crippen LogP) is 4.22. The van der Waals surface area contributed by atoms with Crippen LogP contribution in [0.5, 0.6) is 0 Å². The van der Waals surface area contributed by atoms with Gasteiger partial charge in [-0.3, -0.25) is 0 Å². The van der Waals surface area contributed by atoms with E-state index in [-0.39, 0.29) is 6.04 Å². The van der Waals surface area contributed by atoms with E-state index in [1.165, 1.54) is 11.1 Å². The number of hydrogen-bond donors (Lipinski definition) is 2. The zero-order chi connectivity index (χ0) is 15.1. The van der Waals surface area contributed by atoms with Gasteiger partial charge in [0.15, 0.2) is 5.11 Å². The van der Waals surface area contributed by atoms with Crippen LogP contribution < -0.4 is 10.6 Å². The quantitative estimate of drug-likeness (QED) is 0.778. The molecule has 0 saturated carbocycles. The van der Waals surface area contributed by atoms with Crippen LogP contribution in [0.2, 0.25) is 0 Å². The molecule has 0 aromatic heterocycles. The zero-order valence-electron chi connectivity index (χ0n) is 12.0. The average molecular weight is 363 g/mol. The van der Waals surface area contributed by atoms with Gasteiger partial charge in [-0.25, -0.2) is 0 Å². The SMILES string of the molecule is C[C@@H](NC(=S)NCCc1ccccc1)c1ccc(Br)cc1. The van der Waals surface area contributed by atoms with Crippen molar-refractivity contribution >= 4 is 33.3 Å². The molecule has 0 fully saturated rings. The van der Waals surface area contributed by atoms with E-state index in [9.17, 15) is 0 Å². The lowest BCUT2D eigenvalue weighted by Crippen LogP contribution is -2.37. The van der Waals surface area contributed by atoms with Gasteiger partial charge in [-0.05, 0) is 48.8 Å². The maximum absolute atomic E-state index is 5.34. The highest BCUT2D eigenvalue weighted by Crippen LogP contribution is 2.16. The van der Waals surface area contributed by atoms with Gasteiger partial charge in [0.25, 0.3) is 0 Å². The molecule has 0 aliphatic carbocycles. The van der Waals surface area contributed by atoms with E-state index in [2.05, 4.69) is 69.9 Å². The Bertz CT molecular complexity index is 569. The number of benzene rings is 2. The van der Waals surface area contributed by atoms with Gasteiger partial charge in [0.2, 0.25) is 0 Å². The fourth-order valence-corrected chi connectivity index (χ4v) is 2.59. The third kappa shape index (κ3) is 5.48. The highest BCUT2D eigenvalue weighted by Gasteiger charge is 2.06. The van der Waals surface area contributed by atoms with E-state index in [1.54, 1.807) is 0 Å². The second kappa shape index (κ2) is 8.15. The molecule has 2 aromatic rings. The van der Waals surface area contributed by atoms with Crippen molar-refractivity contribution in [3.63, 3.8) is 0 Å². The fraction of sp³-hybridized carbons (Fsp3) is 0.235. The summed E-state index contributed by atoms with van der Waals surface area (Å²) < 4.78 is 1.09. The molecule has 1 atom stereocenters. The summed E-state index contributed by atoms with van der Waals surface area (Å²) in [6.45, 7) is 2.94. The Morgan fingerprint density at radius 1 is 1.10 bits per heavy atom. The van der Waals surface area contributed by atoms with Crippen molar-refractivity contribution in [2.24, 2.45) is 0 Å². The standard InChI is InChI=1S/C17H19BrN2S/c1-13(15-7-9-16(18)10-8-15)20-17(21)19-12-11-14-5-3-2-4-6-14/h2-10,13H,11-12H2,1H3,(H2,19,20,21)/t13-/m1/s1. The Morgan fingerprint density at radius 2 is 1.76 bits per heavy atom. The lowest BCUT2D eigenvalue weighted by molar-refractivity contribution is 0.696. The maximum Gasteiger partial charge on any atom is 0.166 e. The van der Waals surface area contributed by atoms with Crippen molar-refractivity contribution in [2.45, 2.75) is 19.4 Å². The Balaban J connectivity index is 1.75. The van der Waals surface area contributed by atoms with Gasteiger partial charge in [0.05, 0.1) is 6.04 Å². The zero-order valence-corrected chi connectivity index (χ0v) is 14.4. The largest absolute Gasteiger partial charge is 0.362 e. The summed E-state index contributed by atoms with van der Waals surface area (Å²) in [7, 11) is 0. The lowest BCUT2D eigenvalue weighted by atomic mass is 10.1. The molecule has 0 saturated heterocycles. The first kappa shape index (κ1) is 16.0. The van der Waals surface area contributed by atoms with Gasteiger partial charge in [-0.1, -0.05) is 58.4 Å². The van der Waals surface area contributed by atoms with Gasteiger partial charge in [0, 0.05) is 11.0 Å². The first-order chi connectivity index (χ1) is 10.1. The summed E-state index contributed by atoms with van der Waals surface area (Å²) in [6.07, 6.45) is 0.968. The third-order valence-corrected chi connectivity index (χ3v) is 4.05. The van der Waals surface area contributed by atoms with Crippen molar-refractivity contribution in [1.82, 2.24) is 10.6 Å². The van der Waals surface area contributed by atoms with Crippen molar-refractivity contribution in [1.29, 1.82) is 0 Å². The molecule has 0 spiro atoms. The van der Waals surface area contributed by atoms with Crippen LogP contribution in [0.3, 0.4) is 0 Å². The van der Waals surface area contributed by atoms with Crippen molar-refractivity contribution in [3.8, 4) is 0 Å². The monoisotopic (exact) mass is 362 g/mol. The summed E-state index contributed by atoms with van der Waals surface area (Å²) in [6, 6.07) is 18.9. The molecule has 2 nitrogen and oxygen atoms in total. The molecule has 0 bridgehead atoms. The molecule has 0 aliphatic rings. The molecule has 0 aliphatic heterocycles. The predicted molar refractivity (Wildman–Crippen MR) is 96.4 cm³/mol. The molecule has 0 amide bonds. The van der Waals surface area contributed by atoms with Crippen LogP contribution in [0.25, 0.3) is 0 Å². The van der Waals surface area contributed by atoms with E-state index in [4.69, 9.17) is 12.2 Å². The van der Waals surface area contributed by atoms with Crippen molar-refractivity contribution in [3.05, 3.63) is 70.2 Å². The molecule has 110 valence electrons. The Labute approximate surface area is 140 Å². The normalized spacial score (nSPS) is 11.7. The smallest absolute Gasteiger partial charge is 0.166 e. The van der Waals surface area contributed by atoms with Crippen LogP contribution in [-0.2, 0) is 6.42 Å². The average Bonchev–Trinajstić information content (AvgIpc) is 2.49. The number of rotatable bonds is 5. The molecular weight excluding hydrogens is 344 g/mol. The molecule has 2 rings (SSSR count). The van der Waals surface area contributed by atoms with Gasteiger partial charge < -0.3 is 10.6 Å². The molecule has 0 unspecified atom stereocenters. The lowest BCUT2D eigenvalue weighted by Gasteiger charge is -2.17. The molecule has 0 radical (unpaired) electrons. The summed E-state index contributed by atoms with van der Waals surface area (Å²) in [5.74, 6) is 0. The molecular formula is C17H19BrN2S. The van der Waals surface area contributed by atoms with E-state index >= 15 is 0 Å². The molecule has 2 aromatic carbocycles. The molecule has 4 heteroatoms. The highest BCUT2D eigenvalue weighted by atomic mass is 79.9. The van der Waals surface area contributed by atoms with Crippen LogP contribution in [0.1, 0.15) is 24.1 Å². The van der Waals surface area contributed by atoms with E-state index in [1.807, 2.05) is 18.2 Å². The van der Waals surface area contributed by atoms with Crippen molar-refractivity contribution in [2.75, 3.05) is 6.54 Å². The summed E-state index contributed by atoms with van der Waals surface area (Å²) >= 11 is 8.78. The van der Waals surface area contributed by atoms with Crippen LogP contribution in [0.4, 0.5) is 0 Å². The number of thiocarbonyl (C=S) groups is 1. The first-order valence-electron chi connectivity index (χ1n) is 6.99. The number of halogens is 1. The van der Waals surface area contributed by atoms with Crippen molar-refractivity contribution < 1.29 is 0 Å². The van der Waals surface area contributed by atoms with E-state index < -0.39 is 0 Å². The van der Waals surface area contributed by atoms with Crippen LogP contribution >= 0.6 is 28.1 Å². The summed E-state index contributed by atoms with van der Waals surface area (Å²) in [5, 5.41) is 7.26. The second-order valence-corrected chi connectivity index (χ2v) is 6.23. The minimum absolute atomic E-state index is 0.190. The second-order valence-electron chi connectivity index (χ2n) is 4.91. The van der Waals surface area contributed by atoms with E-state index in [0.29, 0.717) is 5.11 Å². The Hall–Kier alpha value is -1.39. The van der Waals surface area contributed by atoms with Gasteiger partial charge in [0.1, 0.15) is 0 Å². The minimum atomic E-state index is 0.190. The minimum Gasteiger partial charge on any atom is -0.362 e. The Morgan fingerprint density at radius 3 is 2.43 bits per heavy atom. The molecule has 21 heavy (non-hydrogen) atoms. The Kier molecular flexibility index (Phi) is 6.21. The summed E-state index contributed by atoms with van der Waals surface area (Å²) in [5.41, 5.74) is 2.53. The fourth-order valence-electron chi connectivity index (χ4n) is 2.05. The van der Waals surface area contributed by atoms with Gasteiger partial charge >= 0.3 is 0 Å². The maximum atomic E-state index is 5.34. The topological polar surface area (TPSA) is 24.1 Å². The van der Waals surface area contributed by atoms with Crippen LogP contribution in [-0.4, -0.2) is 11.7 Å². The molecule has 0 heterocycles. The number of nitrogens with one attached hydrogen (secondary N) is 2. The van der Waals surface area contributed by atoms with E-state index in [0.717, 1.165) is 17.4 Å². The summed E-state index contributed by atoms with van der Waals surface area (Å²) in [4.78, 5) is 0. The third-order valence-electron chi connectivity index (χ3n) is 3.26. The van der Waals surface area contributed by atoms with Crippen LogP contribution in [0.15, 0.2) is 59.1 Å². The van der Waals surface area contributed by atoms with Crippen LogP contribution in [0, 0.1) is 0 Å². The first-order valence-corrected chi connectivity index (χ1v) is 8.19. The molecule has 2 N–H and O–H groups in total. The number of hydrogen-bond acceptors (Lipinski definition) is 1. The van der Waals surface area contributed by atoms with Gasteiger partial charge in [-0.15, -0.1) is 0 Å². The highest BCUT2D eigenvalue weighted by molar-refractivity contribution is 9.10.